The summed E-state index contributed by atoms with van der Waals surface area (Å²) in [4.78, 5) is 11.8. The van der Waals surface area contributed by atoms with Crippen LogP contribution >= 0.6 is 0 Å². The summed E-state index contributed by atoms with van der Waals surface area (Å²) in [6.45, 7) is 9.72. The molecule has 0 radical (unpaired) electrons. The van der Waals surface area contributed by atoms with E-state index >= 15 is 0 Å². The minimum atomic E-state index is -0.537. The van der Waals surface area contributed by atoms with Gasteiger partial charge in [0.25, 0.3) is 0 Å². The normalized spacial score (nSPS) is 15.1. The van der Waals surface area contributed by atoms with E-state index in [0.717, 1.165) is 5.56 Å². The van der Waals surface area contributed by atoms with Crippen LogP contribution in [0, 0.1) is 18.3 Å². The third kappa shape index (κ3) is 7.21. The molecule has 0 spiro atoms. The summed E-state index contributed by atoms with van der Waals surface area (Å²) in [5.41, 5.74) is 0.549. The minimum absolute atomic E-state index is 0.190. The summed E-state index contributed by atoms with van der Waals surface area (Å²) in [5, 5.41) is 2.78. The molecule has 0 heterocycles. The molecule has 4 heteroatoms. The molecule has 3 atom stereocenters. The Hall–Kier alpha value is -1.99. The van der Waals surface area contributed by atoms with Gasteiger partial charge in [0.2, 0.25) is 0 Å². The molecular formula is C19H27NO3. The van der Waals surface area contributed by atoms with Crippen molar-refractivity contribution in [2.45, 2.75) is 59.0 Å². The van der Waals surface area contributed by atoms with Gasteiger partial charge in [-0.15, -0.1) is 6.42 Å². The van der Waals surface area contributed by atoms with Crippen LogP contribution in [-0.4, -0.2) is 23.8 Å². The molecule has 0 aromatic heterocycles. The topological polar surface area (TPSA) is 47.6 Å². The van der Waals surface area contributed by atoms with Crippen LogP contribution in [-0.2, 0) is 16.1 Å². The van der Waals surface area contributed by atoms with Gasteiger partial charge in [-0.3, -0.25) is 0 Å². The average Bonchev–Trinajstić information content (AvgIpc) is 2.44. The van der Waals surface area contributed by atoms with Gasteiger partial charge < -0.3 is 14.8 Å². The first-order valence-corrected chi connectivity index (χ1v) is 7.84. The zero-order valence-corrected chi connectivity index (χ0v) is 14.6. The van der Waals surface area contributed by atoms with Crippen molar-refractivity contribution in [1.29, 1.82) is 0 Å². The fourth-order valence-electron chi connectivity index (χ4n) is 2.18. The summed E-state index contributed by atoms with van der Waals surface area (Å²) in [6, 6.07) is 9.65. The van der Waals surface area contributed by atoms with Crippen LogP contribution in [0.4, 0.5) is 4.79 Å². The monoisotopic (exact) mass is 317 g/mol. The lowest BCUT2D eigenvalue weighted by molar-refractivity contribution is 0.0161. The smallest absolute Gasteiger partial charge is 0.407 e. The van der Waals surface area contributed by atoms with E-state index in [1.807, 2.05) is 65.0 Å². The molecule has 1 aromatic carbocycles. The van der Waals surface area contributed by atoms with Crippen molar-refractivity contribution in [2.24, 2.45) is 5.92 Å². The second-order valence-corrected chi connectivity index (χ2v) is 6.63. The number of carbonyl (C=O) groups excluding carboxylic acids is 1. The van der Waals surface area contributed by atoms with Crippen LogP contribution in [0.25, 0.3) is 0 Å². The summed E-state index contributed by atoms with van der Waals surface area (Å²) in [5.74, 6) is 2.47. The summed E-state index contributed by atoms with van der Waals surface area (Å²) < 4.78 is 11.1. The third-order valence-corrected chi connectivity index (χ3v) is 3.34. The van der Waals surface area contributed by atoms with Crippen LogP contribution in [0.15, 0.2) is 30.3 Å². The molecular weight excluding hydrogens is 290 g/mol. The quantitative estimate of drug-likeness (QED) is 0.813. The van der Waals surface area contributed by atoms with Crippen molar-refractivity contribution in [2.75, 3.05) is 0 Å². The molecule has 126 valence electrons. The molecule has 1 N–H and O–H groups in total. The van der Waals surface area contributed by atoms with E-state index in [1.165, 1.54) is 0 Å². The number of hydrogen-bond donors (Lipinski definition) is 1. The Morgan fingerprint density at radius 2 is 1.87 bits per heavy atom. The number of amides is 1. The fourth-order valence-corrected chi connectivity index (χ4v) is 2.18. The molecule has 0 unspecified atom stereocenters. The molecule has 23 heavy (non-hydrogen) atoms. The lowest BCUT2D eigenvalue weighted by atomic mass is 9.96. The molecule has 0 fully saturated rings. The van der Waals surface area contributed by atoms with Crippen molar-refractivity contribution in [3.63, 3.8) is 0 Å². The van der Waals surface area contributed by atoms with Gasteiger partial charge in [0, 0.05) is 6.04 Å². The van der Waals surface area contributed by atoms with Crippen molar-refractivity contribution in [3.8, 4) is 12.3 Å². The van der Waals surface area contributed by atoms with Gasteiger partial charge in [-0.2, -0.15) is 0 Å². The molecule has 0 saturated carbocycles. The first-order chi connectivity index (χ1) is 10.7. The molecule has 0 saturated heterocycles. The number of nitrogens with one attached hydrogen (secondary N) is 1. The van der Waals surface area contributed by atoms with Crippen molar-refractivity contribution < 1.29 is 14.3 Å². The average molecular weight is 317 g/mol. The van der Waals surface area contributed by atoms with E-state index in [-0.39, 0.29) is 18.1 Å². The van der Waals surface area contributed by atoms with Gasteiger partial charge in [0.05, 0.1) is 18.6 Å². The van der Waals surface area contributed by atoms with Gasteiger partial charge in [0.1, 0.15) is 5.60 Å². The van der Waals surface area contributed by atoms with Crippen molar-refractivity contribution >= 4 is 6.09 Å². The van der Waals surface area contributed by atoms with Gasteiger partial charge in [-0.1, -0.05) is 36.3 Å². The highest BCUT2D eigenvalue weighted by Gasteiger charge is 2.26. The van der Waals surface area contributed by atoms with Crippen LogP contribution in [0.5, 0.6) is 0 Å². The Bertz CT molecular complexity index is 528. The van der Waals surface area contributed by atoms with Crippen LogP contribution in [0.1, 0.15) is 40.2 Å². The van der Waals surface area contributed by atoms with Gasteiger partial charge in [-0.25, -0.2) is 4.79 Å². The van der Waals surface area contributed by atoms with Gasteiger partial charge in [0.15, 0.2) is 0 Å². The van der Waals surface area contributed by atoms with E-state index in [4.69, 9.17) is 15.9 Å². The number of benzene rings is 1. The second kappa shape index (κ2) is 8.59. The Morgan fingerprint density at radius 3 is 2.39 bits per heavy atom. The van der Waals surface area contributed by atoms with Gasteiger partial charge in [-0.05, 0) is 40.2 Å². The van der Waals surface area contributed by atoms with Crippen LogP contribution < -0.4 is 5.32 Å². The molecule has 0 aliphatic heterocycles. The maximum Gasteiger partial charge on any atom is 0.407 e. The molecule has 0 aliphatic carbocycles. The molecule has 4 nitrogen and oxygen atoms in total. The SMILES string of the molecule is C#C[C@H]([C@H](C)OCc1ccccc1)[C@@H](C)NC(=O)OC(C)(C)C. The zero-order valence-electron chi connectivity index (χ0n) is 14.6. The predicted molar refractivity (Wildman–Crippen MR) is 91.8 cm³/mol. The molecule has 0 bridgehead atoms. The van der Waals surface area contributed by atoms with Crippen molar-refractivity contribution in [3.05, 3.63) is 35.9 Å². The highest BCUT2D eigenvalue weighted by molar-refractivity contribution is 5.68. The Balaban J connectivity index is 2.53. The molecule has 0 aliphatic rings. The highest BCUT2D eigenvalue weighted by Crippen LogP contribution is 2.15. The third-order valence-electron chi connectivity index (χ3n) is 3.34. The number of rotatable bonds is 6. The van der Waals surface area contributed by atoms with E-state index in [0.29, 0.717) is 6.61 Å². The standard InChI is InChI=1S/C19H27NO3/c1-7-17(14(2)20-18(21)23-19(4,5)6)15(3)22-13-16-11-9-8-10-12-16/h1,8-12,14-15,17H,13H2,2-6H3,(H,20,21)/t14-,15+,17+/m1/s1. The Morgan fingerprint density at radius 1 is 1.26 bits per heavy atom. The van der Waals surface area contributed by atoms with E-state index in [2.05, 4.69) is 11.2 Å². The second-order valence-electron chi connectivity index (χ2n) is 6.63. The first kappa shape index (κ1) is 19.1. The lowest BCUT2D eigenvalue weighted by Crippen LogP contribution is -2.44. The van der Waals surface area contributed by atoms with E-state index in [9.17, 15) is 4.79 Å². The first-order valence-electron chi connectivity index (χ1n) is 7.84. The maximum atomic E-state index is 11.8. The van der Waals surface area contributed by atoms with E-state index < -0.39 is 11.7 Å². The summed E-state index contributed by atoms with van der Waals surface area (Å²) >= 11 is 0. The van der Waals surface area contributed by atoms with Crippen LogP contribution in [0.2, 0.25) is 0 Å². The molecule has 1 amide bonds. The summed E-state index contributed by atoms with van der Waals surface area (Å²) in [7, 11) is 0. The minimum Gasteiger partial charge on any atom is -0.444 e. The number of alkyl carbamates (subject to hydrolysis) is 1. The lowest BCUT2D eigenvalue weighted by Gasteiger charge is -2.27. The number of terminal acetylenes is 1. The summed E-state index contributed by atoms with van der Waals surface area (Å²) in [6.07, 6.45) is 4.96. The predicted octanol–water partition coefficient (Wildman–Crippen LogP) is 3.75. The zero-order chi connectivity index (χ0) is 17.5. The van der Waals surface area contributed by atoms with Gasteiger partial charge >= 0.3 is 6.09 Å². The van der Waals surface area contributed by atoms with Crippen molar-refractivity contribution in [1.82, 2.24) is 5.32 Å². The Labute approximate surface area is 139 Å². The molecule has 1 rings (SSSR count). The molecule has 1 aromatic rings. The number of hydrogen-bond acceptors (Lipinski definition) is 3. The largest absolute Gasteiger partial charge is 0.444 e. The fraction of sp³-hybridized carbons (Fsp3) is 0.526. The highest BCUT2D eigenvalue weighted by atomic mass is 16.6. The van der Waals surface area contributed by atoms with Crippen LogP contribution in [0.3, 0.4) is 0 Å². The maximum absolute atomic E-state index is 11.8. The number of ether oxygens (including phenoxy) is 2. The van der Waals surface area contributed by atoms with E-state index in [1.54, 1.807) is 0 Å². The number of carbonyl (C=O) groups is 1. The Kier molecular flexibility index (Phi) is 7.12.